The van der Waals surface area contributed by atoms with Crippen molar-refractivity contribution < 1.29 is 4.39 Å². The fraction of sp³-hybridized carbons (Fsp3) is 0.0909. The summed E-state index contributed by atoms with van der Waals surface area (Å²) in [6.07, 6.45) is 1.77. The molecule has 1 N–H and O–H groups in total. The summed E-state index contributed by atoms with van der Waals surface area (Å²) in [6.45, 7) is 3.94. The van der Waals surface area contributed by atoms with Gasteiger partial charge in [-0.15, -0.1) is 0 Å². The van der Waals surface area contributed by atoms with Gasteiger partial charge in [0.2, 0.25) is 0 Å². The number of imidazole rings is 1. The number of nitrogens with one attached hydrogen (secondary N) is 1. The van der Waals surface area contributed by atoms with E-state index in [9.17, 15) is 9.65 Å². The van der Waals surface area contributed by atoms with Gasteiger partial charge in [-0.05, 0) is 68.0 Å². The smallest absolute Gasteiger partial charge is 0.149 e. The van der Waals surface area contributed by atoms with E-state index >= 15 is 0 Å². The number of rotatable bonds is 3. The molecule has 0 radical (unpaired) electrons. The normalized spacial score (nSPS) is 11.8. The van der Waals surface area contributed by atoms with E-state index in [0.29, 0.717) is 32.5 Å². The fourth-order valence-corrected chi connectivity index (χ4v) is 3.67. The number of aromatic amines is 1. The Labute approximate surface area is 176 Å². The second kappa shape index (κ2) is 7.40. The number of halogens is 3. The third-order valence-corrected chi connectivity index (χ3v) is 5.49. The van der Waals surface area contributed by atoms with Crippen molar-refractivity contribution in [2.75, 3.05) is 0 Å². The second-order valence-electron chi connectivity index (χ2n) is 6.68. The lowest BCUT2D eigenvalue weighted by Gasteiger charge is -2.10. The van der Waals surface area contributed by atoms with Crippen LogP contribution in [0.5, 0.6) is 0 Å². The van der Waals surface area contributed by atoms with Crippen LogP contribution in [0.3, 0.4) is 0 Å². The molecule has 0 fully saturated rings. The molecule has 0 saturated heterocycles. The van der Waals surface area contributed by atoms with Crippen LogP contribution in [0.2, 0.25) is 10.0 Å². The van der Waals surface area contributed by atoms with E-state index in [4.69, 9.17) is 23.2 Å². The zero-order chi connectivity index (χ0) is 20.7. The molecule has 7 heteroatoms. The molecule has 0 unspecified atom stereocenters. The molecule has 0 amide bonds. The fourth-order valence-electron chi connectivity index (χ4n) is 3.37. The Morgan fingerprint density at radius 1 is 1.14 bits per heavy atom. The maximum absolute atomic E-state index is 13.4. The second-order valence-corrected chi connectivity index (χ2v) is 7.49. The van der Waals surface area contributed by atoms with Gasteiger partial charge in [-0.1, -0.05) is 23.2 Å². The van der Waals surface area contributed by atoms with Gasteiger partial charge >= 0.3 is 0 Å². The highest BCUT2D eigenvalue weighted by Crippen LogP contribution is 2.29. The van der Waals surface area contributed by atoms with Crippen LogP contribution in [0.25, 0.3) is 28.4 Å². The predicted octanol–water partition coefficient (Wildman–Crippen LogP) is 6.48. The average Bonchev–Trinajstić information content (AvgIpc) is 3.22. The summed E-state index contributed by atoms with van der Waals surface area (Å²) < 4.78 is 15.5. The molecule has 2 heterocycles. The molecule has 0 bridgehead atoms. The molecular weight excluding hydrogens is 410 g/mol. The molecule has 2 aromatic carbocycles. The molecule has 0 aliphatic carbocycles. The van der Waals surface area contributed by atoms with Crippen LogP contribution >= 0.6 is 23.2 Å². The van der Waals surface area contributed by atoms with Gasteiger partial charge in [-0.3, -0.25) is 0 Å². The molecule has 4 aromatic rings. The van der Waals surface area contributed by atoms with Gasteiger partial charge in [0.1, 0.15) is 17.7 Å². The Balaban J connectivity index is 1.80. The summed E-state index contributed by atoms with van der Waals surface area (Å²) in [4.78, 5) is 7.42. The molecule has 29 heavy (non-hydrogen) atoms. The summed E-state index contributed by atoms with van der Waals surface area (Å²) in [5.74, 6) is 0.0350. The maximum atomic E-state index is 13.4. The summed E-state index contributed by atoms with van der Waals surface area (Å²) >= 11 is 12.2. The molecule has 0 aliphatic heterocycles. The first-order valence-electron chi connectivity index (χ1n) is 8.79. The first kappa shape index (κ1) is 19.3. The molecule has 4 nitrogen and oxygen atoms in total. The van der Waals surface area contributed by atoms with Crippen molar-refractivity contribution >= 4 is 45.9 Å². The maximum Gasteiger partial charge on any atom is 0.149 e. The highest BCUT2D eigenvalue weighted by Gasteiger charge is 2.14. The highest BCUT2D eigenvalue weighted by molar-refractivity contribution is 6.42. The average molecular weight is 425 g/mol. The largest absolute Gasteiger partial charge is 0.337 e. The number of nitrogens with zero attached hydrogens (tertiary/aromatic N) is 3. The number of H-pyrrole nitrogens is 1. The minimum Gasteiger partial charge on any atom is -0.337 e. The van der Waals surface area contributed by atoms with Gasteiger partial charge in [-0.2, -0.15) is 5.26 Å². The molecule has 144 valence electrons. The van der Waals surface area contributed by atoms with E-state index in [1.54, 1.807) is 24.3 Å². The van der Waals surface area contributed by atoms with Crippen LogP contribution in [0.1, 0.15) is 22.8 Å². The number of nitriles is 1. The Bertz CT molecular complexity index is 1320. The Morgan fingerprint density at radius 2 is 1.93 bits per heavy atom. The molecule has 2 aromatic heterocycles. The number of fused-ring (bicyclic) bond motifs is 1. The third-order valence-electron chi connectivity index (χ3n) is 4.75. The zero-order valence-electron chi connectivity index (χ0n) is 15.6. The lowest BCUT2D eigenvalue weighted by atomic mass is 10.1. The molecule has 0 atom stereocenters. The van der Waals surface area contributed by atoms with Gasteiger partial charge in [-0.25, -0.2) is 9.37 Å². The van der Waals surface area contributed by atoms with E-state index in [1.807, 2.05) is 30.5 Å². The molecule has 4 rings (SSSR count). The van der Waals surface area contributed by atoms with Crippen molar-refractivity contribution in [3.05, 3.63) is 81.1 Å². The summed E-state index contributed by atoms with van der Waals surface area (Å²) in [5, 5.41) is 10.6. The number of benzene rings is 2. The quantitative estimate of drug-likeness (QED) is 0.382. The van der Waals surface area contributed by atoms with Gasteiger partial charge in [0.05, 0.1) is 26.7 Å². The van der Waals surface area contributed by atoms with Crippen molar-refractivity contribution in [2.24, 2.45) is 0 Å². The summed E-state index contributed by atoms with van der Waals surface area (Å²) in [7, 11) is 0. The van der Waals surface area contributed by atoms with E-state index in [0.717, 1.165) is 22.6 Å². The van der Waals surface area contributed by atoms with Crippen molar-refractivity contribution in [3.8, 4) is 11.8 Å². The van der Waals surface area contributed by atoms with Crippen LogP contribution in [-0.2, 0) is 0 Å². The Kier molecular flexibility index (Phi) is 4.91. The first-order chi connectivity index (χ1) is 13.9. The Hall–Kier alpha value is -3.07. The van der Waals surface area contributed by atoms with Gasteiger partial charge in [0, 0.05) is 17.1 Å². The van der Waals surface area contributed by atoms with Crippen molar-refractivity contribution in [3.63, 3.8) is 0 Å². The minimum atomic E-state index is -0.361. The number of allylic oxidation sites excluding steroid dienone is 1. The SMILES string of the molecule is Cc1cc(/C=C(\C#N)c2nc3ccc(F)cc3[nH]2)c(C)n1-c1ccc(Cl)c(Cl)c1. The topological polar surface area (TPSA) is 57.4 Å². The lowest BCUT2D eigenvalue weighted by Crippen LogP contribution is -1.99. The van der Waals surface area contributed by atoms with E-state index < -0.39 is 0 Å². The first-order valence-corrected chi connectivity index (χ1v) is 9.55. The van der Waals surface area contributed by atoms with Crippen molar-refractivity contribution in [2.45, 2.75) is 13.8 Å². The van der Waals surface area contributed by atoms with Gasteiger partial charge in [0.25, 0.3) is 0 Å². The highest BCUT2D eigenvalue weighted by atomic mass is 35.5. The minimum absolute atomic E-state index is 0.357. The monoisotopic (exact) mass is 424 g/mol. The molecule has 0 aliphatic rings. The van der Waals surface area contributed by atoms with Crippen LogP contribution in [-0.4, -0.2) is 14.5 Å². The van der Waals surface area contributed by atoms with E-state index in [1.165, 1.54) is 12.1 Å². The Morgan fingerprint density at radius 3 is 2.66 bits per heavy atom. The third kappa shape index (κ3) is 3.53. The van der Waals surface area contributed by atoms with Crippen LogP contribution in [0, 0.1) is 31.0 Å². The predicted molar refractivity (Wildman–Crippen MR) is 115 cm³/mol. The number of aryl methyl sites for hydroxylation is 1. The number of hydrogen-bond acceptors (Lipinski definition) is 2. The van der Waals surface area contributed by atoms with Crippen LogP contribution in [0.15, 0.2) is 42.5 Å². The van der Waals surface area contributed by atoms with Gasteiger partial charge in [0.15, 0.2) is 0 Å². The molecular formula is C22H15Cl2FN4. The van der Waals surface area contributed by atoms with Crippen LogP contribution < -0.4 is 0 Å². The number of aromatic nitrogens is 3. The van der Waals surface area contributed by atoms with E-state index in [2.05, 4.69) is 16.0 Å². The number of hydrogen-bond donors (Lipinski definition) is 1. The summed E-state index contributed by atoms with van der Waals surface area (Å²) in [6, 6.07) is 13.9. The standard InChI is InChI=1S/C22H15Cl2FN4/c1-12-7-14(13(2)29(12)17-4-5-18(23)19(24)10-17)8-15(11-26)22-27-20-6-3-16(25)9-21(20)28-22/h3-10H,1-2H3,(H,27,28)/b15-8+. The zero-order valence-corrected chi connectivity index (χ0v) is 17.1. The summed E-state index contributed by atoms with van der Waals surface area (Å²) in [5.41, 5.74) is 5.18. The van der Waals surface area contributed by atoms with Crippen LogP contribution in [0.4, 0.5) is 4.39 Å². The van der Waals surface area contributed by atoms with Crippen molar-refractivity contribution in [1.29, 1.82) is 5.26 Å². The van der Waals surface area contributed by atoms with Gasteiger partial charge < -0.3 is 9.55 Å². The van der Waals surface area contributed by atoms with E-state index in [-0.39, 0.29) is 5.82 Å². The van der Waals surface area contributed by atoms with Crippen molar-refractivity contribution in [1.82, 2.24) is 14.5 Å². The lowest BCUT2D eigenvalue weighted by molar-refractivity contribution is 0.629. The molecule has 0 spiro atoms. The molecule has 0 saturated carbocycles.